The molecule has 1 aromatic heterocycles. The molecule has 2 rings (SSSR count). The smallest absolute Gasteiger partial charge is 0.165 e. The average Bonchev–Trinajstić information content (AvgIpc) is 2.25. The zero-order chi connectivity index (χ0) is 10.7. The highest BCUT2D eigenvalue weighted by Crippen LogP contribution is 2.22. The molecule has 0 aliphatic heterocycles. The van der Waals surface area contributed by atoms with Crippen LogP contribution in [0.3, 0.4) is 0 Å². The topological polar surface area (TPSA) is 35.0 Å². The van der Waals surface area contributed by atoms with E-state index in [-0.39, 0.29) is 5.75 Å². The fourth-order valence-electron chi connectivity index (χ4n) is 1.09. The Labute approximate surface area is 86.6 Å². The number of rotatable bonds is 2. The van der Waals surface area contributed by atoms with Crippen LogP contribution >= 0.6 is 0 Å². The van der Waals surface area contributed by atoms with E-state index in [1.54, 1.807) is 25.1 Å². The van der Waals surface area contributed by atoms with Crippen molar-refractivity contribution in [2.75, 3.05) is 0 Å². The lowest BCUT2D eigenvalue weighted by Crippen LogP contribution is -1.91. The van der Waals surface area contributed by atoms with Gasteiger partial charge in [-0.25, -0.2) is 14.4 Å². The molecule has 0 N–H and O–H groups in total. The minimum atomic E-state index is -0.405. The molecular weight excluding hydrogens is 195 g/mol. The van der Waals surface area contributed by atoms with Crippen LogP contribution in [0.15, 0.2) is 36.7 Å². The van der Waals surface area contributed by atoms with E-state index < -0.39 is 5.82 Å². The number of aromatic nitrogens is 2. The fraction of sp³-hybridized carbons (Fsp3) is 0.0909. The molecule has 0 aliphatic carbocycles. The van der Waals surface area contributed by atoms with E-state index in [2.05, 4.69) is 9.97 Å². The van der Waals surface area contributed by atoms with Gasteiger partial charge in [0.15, 0.2) is 17.3 Å². The van der Waals surface area contributed by atoms with Crippen LogP contribution in [0.5, 0.6) is 11.5 Å². The van der Waals surface area contributed by atoms with E-state index in [4.69, 9.17) is 4.74 Å². The number of hydrogen-bond donors (Lipinski definition) is 0. The van der Waals surface area contributed by atoms with Crippen LogP contribution in [0.1, 0.15) is 5.82 Å². The highest BCUT2D eigenvalue weighted by Gasteiger charge is 2.03. The van der Waals surface area contributed by atoms with Crippen molar-refractivity contribution in [1.82, 2.24) is 9.97 Å². The second kappa shape index (κ2) is 4.04. The van der Waals surface area contributed by atoms with Crippen LogP contribution in [-0.2, 0) is 0 Å². The lowest BCUT2D eigenvalue weighted by atomic mass is 10.3. The number of nitrogens with zero attached hydrogens (tertiary/aromatic N) is 2. The largest absolute Gasteiger partial charge is 0.451 e. The molecule has 0 aliphatic rings. The summed E-state index contributed by atoms with van der Waals surface area (Å²) in [6.45, 7) is 1.77. The summed E-state index contributed by atoms with van der Waals surface area (Å²) < 4.78 is 18.5. The van der Waals surface area contributed by atoms with Crippen molar-refractivity contribution in [3.8, 4) is 11.5 Å². The molecule has 0 bridgehead atoms. The van der Waals surface area contributed by atoms with E-state index in [9.17, 15) is 4.39 Å². The predicted molar refractivity (Wildman–Crippen MR) is 53.2 cm³/mol. The molecule has 1 aromatic carbocycles. The highest BCUT2D eigenvalue weighted by atomic mass is 19.1. The molecule has 3 nitrogen and oxygen atoms in total. The zero-order valence-electron chi connectivity index (χ0n) is 8.14. The molecule has 4 heteroatoms. The minimum Gasteiger partial charge on any atom is -0.451 e. The second-order valence-corrected chi connectivity index (χ2v) is 3.00. The first kappa shape index (κ1) is 9.58. The van der Waals surface area contributed by atoms with E-state index in [0.717, 1.165) is 0 Å². The molecule has 15 heavy (non-hydrogen) atoms. The Kier molecular flexibility index (Phi) is 2.58. The van der Waals surface area contributed by atoms with Crippen LogP contribution in [0.2, 0.25) is 0 Å². The maximum Gasteiger partial charge on any atom is 0.165 e. The van der Waals surface area contributed by atoms with E-state index in [1.165, 1.54) is 18.5 Å². The Balaban J connectivity index is 2.22. The Hall–Kier alpha value is -1.97. The summed E-state index contributed by atoms with van der Waals surface area (Å²) in [7, 11) is 0. The summed E-state index contributed by atoms with van der Waals surface area (Å²) in [6.07, 6.45) is 3.02. The van der Waals surface area contributed by atoms with Crippen molar-refractivity contribution in [2.24, 2.45) is 0 Å². The van der Waals surface area contributed by atoms with Crippen LogP contribution in [0.4, 0.5) is 4.39 Å². The van der Waals surface area contributed by atoms with Gasteiger partial charge in [0, 0.05) is 0 Å². The number of halogens is 1. The van der Waals surface area contributed by atoms with Gasteiger partial charge in [0.2, 0.25) is 0 Å². The summed E-state index contributed by atoms with van der Waals surface area (Å²) >= 11 is 0. The van der Waals surface area contributed by atoms with Gasteiger partial charge >= 0.3 is 0 Å². The van der Waals surface area contributed by atoms with Gasteiger partial charge < -0.3 is 4.74 Å². The van der Waals surface area contributed by atoms with Gasteiger partial charge in [0.05, 0.1) is 12.4 Å². The van der Waals surface area contributed by atoms with Gasteiger partial charge in [-0.3, -0.25) is 0 Å². The lowest BCUT2D eigenvalue weighted by molar-refractivity contribution is 0.438. The van der Waals surface area contributed by atoms with Gasteiger partial charge in [0.25, 0.3) is 0 Å². The maximum atomic E-state index is 13.2. The summed E-state index contributed by atoms with van der Waals surface area (Å²) in [5.74, 6) is 0.838. The van der Waals surface area contributed by atoms with E-state index in [0.29, 0.717) is 11.6 Å². The van der Waals surface area contributed by atoms with Crippen molar-refractivity contribution in [3.05, 3.63) is 48.3 Å². The number of benzene rings is 1. The first-order chi connectivity index (χ1) is 7.25. The summed E-state index contributed by atoms with van der Waals surface area (Å²) in [5.41, 5.74) is 0. The average molecular weight is 204 g/mol. The molecule has 0 fully saturated rings. The van der Waals surface area contributed by atoms with Gasteiger partial charge in [-0.15, -0.1) is 0 Å². The zero-order valence-corrected chi connectivity index (χ0v) is 8.14. The molecule has 76 valence electrons. The Morgan fingerprint density at radius 2 is 1.80 bits per heavy atom. The van der Waals surface area contributed by atoms with Gasteiger partial charge in [-0.05, 0) is 19.1 Å². The predicted octanol–water partition coefficient (Wildman–Crippen LogP) is 2.72. The van der Waals surface area contributed by atoms with Crippen LogP contribution in [0, 0.1) is 12.7 Å². The molecule has 0 saturated heterocycles. The monoisotopic (exact) mass is 204 g/mol. The summed E-state index contributed by atoms with van der Waals surface area (Å²) in [6, 6.07) is 6.20. The molecule has 0 unspecified atom stereocenters. The summed E-state index contributed by atoms with van der Waals surface area (Å²) in [4.78, 5) is 7.89. The highest BCUT2D eigenvalue weighted by molar-refractivity contribution is 5.29. The standard InChI is InChI=1S/C11H9FN2O/c1-8-13-6-9(7-14-8)15-11-5-3-2-4-10(11)12/h2-7H,1H3. The van der Waals surface area contributed by atoms with Crippen molar-refractivity contribution in [2.45, 2.75) is 6.92 Å². The minimum absolute atomic E-state index is 0.171. The summed E-state index contributed by atoms with van der Waals surface area (Å²) in [5, 5.41) is 0. The quantitative estimate of drug-likeness (QED) is 0.754. The molecule has 0 atom stereocenters. The fourth-order valence-corrected chi connectivity index (χ4v) is 1.09. The third kappa shape index (κ3) is 2.28. The van der Waals surface area contributed by atoms with Gasteiger partial charge in [0.1, 0.15) is 5.82 Å². The first-order valence-corrected chi connectivity index (χ1v) is 4.47. The molecule has 2 aromatic rings. The molecule has 0 radical (unpaired) electrons. The van der Waals surface area contributed by atoms with Crippen LogP contribution in [0.25, 0.3) is 0 Å². The molecule has 1 heterocycles. The third-order valence-electron chi connectivity index (χ3n) is 1.82. The normalized spacial score (nSPS) is 10.0. The maximum absolute atomic E-state index is 13.2. The van der Waals surface area contributed by atoms with Crippen LogP contribution in [-0.4, -0.2) is 9.97 Å². The number of para-hydroxylation sites is 1. The van der Waals surface area contributed by atoms with Crippen molar-refractivity contribution < 1.29 is 9.13 Å². The molecule has 0 amide bonds. The first-order valence-electron chi connectivity index (χ1n) is 4.47. The SMILES string of the molecule is Cc1ncc(Oc2ccccc2F)cn1. The molecule has 0 spiro atoms. The number of aryl methyl sites for hydroxylation is 1. The second-order valence-electron chi connectivity index (χ2n) is 3.00. The third-order valence-corrected chi connectivity index (χ3v) is 1.82. The van der Waals surface area contributed by atoms with Crippen LogP contribution < -0.4 is 4.74 Å². The van der Waals surface area contributed by atoms with Gasteiger partial charge in [-0.2, -0.15) is 0 Å². The van der Waals surface area contributed by atoms with E-state index >= 15 is 0 Å². The molecular formula is C11H9FN2O. The van der Waals surface area contributed by atoms with Gasteiger partial charge in [-0.1, -0.05) is 12.1 Å². The number of hydrogen-bond acceptors (Lipinski definition) is 3. The Bertz CT molecular complexity index is 456. The van der Waals surface area contributed by atoms with Crippen molar-refractivity contribution >= 4 is 0 Å². The molecule has 0 saturated carbocycles. The van der Waals surface area contributed by atoms with E-state index in [1.807, 2.05) is 0 Å². The van der Waals surface area contributed by atoms with Crippen molar-refractivity contribution in [1.29, 1.82) is 0 Å². The lowest BCUT2D eigenvalue weighted by Gasteiger charge is -2.05. The van der Waals surface area contributed by atoms with Crippen molar-refractivity contribution in [3.63, 3.8) is 0 Å². The number of ether oxygens (including phenoxy) is 1. The Morgan fingerprint density at radius 1 is 1.13 bits per heavy atom. The Morgan fingerprint density at radius 3 is 2.47 bits per heavy atom.